The number of rotatable bonds is 9. The highest BCUT2D eigenvalue weighted by Gasteiger charge is 2.42. The van der Waals surface area contributed by atoms with Crippen LogP contribution in [0.25, 0.3) is 0 Å². The maximum absolute atomic E-state index is 12.6. The predicted octanol–water partition coefficient (Wildman–Crippen LogP) is 10.6. The highest BCUT2D eigenvalue weighted by molar-refractivity contribution is 6.35. The van der Waals surface area contributed by atoms with Crippen LogP contribution in [0.2, 0.25) is 10.0 Å². The topological polar surface area (TPSA) is 37.4 Å². The number of halogens is 2. The van der Waals surface area contributed by atoms with Gasteiger partial charge in [-0.3, -0.25) is 4.79 Å². The van der Waals surface area contributed by atoms with Gasteiger partial charge in [0.05, 0.1) is 0 Å². The molecule has 2 aromatic rings. The average molecular weight is 607 g/mol. The first-order valence-electron chi connectivity index (χ1n) is 14.7. The lowest BCUT2D eigenvalue weighted by Crippen LogP contribution is -2.40. The van der Waals surface area contributed by atoms with Gasteiger partial charge in [0.1, 0.15) is 12.1 Å². The number of Topliss-reactive ketones (excluding diaryl/α,β-unsaturated/α-hetero) is 1. The number of aldehydes is 1. The van der Waals surface area contributed by atoms with Gasteiger partial charge in [-0.05, 0) is 89.7 Å². The molecule has 0 aliphatic heterocycles. The molecule has 0 heterocycles. The second kappa shape index (κ2) is 22.6. The Morgan fingerprint density at radius 3 is 1.98 bits per heavy atom. The van der Waals surface area contributed by atoms with Crippen LogP contribution in [0, 0.1) is 31.1 Å². The van der Waals surface area contributed by atoms with Crippen LogP contribution in [0.5, 0.6) is 0 Å². The minimum Gasteiger partial charge on any atom is -0.309 e. The molecule has 1 saturated carbocycles. The maximum atomic E-state index is 12.6. The average Bonchev–Trinajstić information content (AvgIpc) is 2.91. The van der Waals surface area contributed by atoms with Crippen molar-refractivity contribution in [2.45, 2.75) is 93.9 Å². The molecule has 1 aliphatic carbocycles. The lowest BCUT2D eigenvalue weighted by atomic mass is 9.61. The minimum absolute atomic E-state index is 0. The number of unbranched alkanes of at least 4 members (excludes halogenated alkanes) is 1. The van der Waals surface area contributed by atoms with E-state index < -0.39 is 0 Å². The number of hydrogen-bond donors (Lipinski definition) is 0. The van der Waals surface area contributed by atoms with Crippen LogP contribution in [0.4, 0.5) is 0 Å². The van der Waals surface area contributed by atoms with Crippen LogP contribution >= 0.6 is 23.2 Å². The standard InChI is InChI=1S/C19H22Cl2O2.C8H10.C6H15N.C2H6.CH4/c1-3-6-19(7-8-22)11-13(2)18(23)15(12-19)9-14-4-5-16(20)10-17(14)21;1-7-3-5-8(2)6-4-7;1-4-5-6-7(2)3;1-2;/h3-5,8,10,13,15H,1,6-7,9,11-12H2,2H3;3-6H,1-2H3;4-6H2,1-3H3;1-2H3;1H4. The van der Waals surface area contributed by atoms with Crippen molar-refractivity contribution in [3.05, 3.63) is 81.9 Å². The smallest absolute Gasteiger partial charge is 0.139 e. The molecule has 0 spiro atoms. The van der Waals surface area contributed by atoms with Crippen LogP contribution in [0.1, 0.15) is 90.3 Å². The van der Waals surface area contributed by atoms with Gasteiger partial charge in [-0.2, -0.15) is 0 Å². The number of carbonyl (C=O) groups excluding carboxylic acids is 2. The summed E-state index contributed by atoms with van der Waals surface area (Å²) in [7, 11) is 4.21. The van der Waals surface area contributed by atoms with E-state index in [1.807, 2.05) is 32.9 Å². The van der Waals surface area contributed by atoms with Gasteiger partial charge in [0, 0.05) is 28.3 Å². The zero-order chi connectivity index (χ0) is 30.7. The number of ketones is 1. The Bertz CT molecular complexity index is 970. The number of carbonyl (C=O) groups is 2. The molecule has 0 saturated heterocycles. The zero-order valence-corrected chi connectivity index (χ0v) is 27.7. The highest BCUT2D eigenvalue weighted by Crippen LogP contribution is 2.46. The Morgan fingerprint density at radius 1 is 1.00 bits per heavy atom. The van der Waals surface area contributed by atoms with Crippen LogP contribution < -0.4 is 0 Å². The molecule has 0 amide bonds. The Hall–Kier alpha value is -1.94. The second-order valence-corrected chi connectivity index (χ2v) is 11.9. The van der Waals surface area contributed by atoms with Gasteiger partial charge in [0.25, 0.3) is 0 Å². The van der Waals surface area contributed by atoms with Crippen molar-refractivity contribution in [2.75, 3.05) is 20.6 Å². The normalized spacial score (nSPS) is 19.2. The summed E-state index contributed by atoms with van der Waals surface area (Å²) in [6.45, 7) is 17.4. The highest BCUT2D eigenvalue weighted by atomic mass is 35.5. The Morgan fingerprint density at radius 2 is 1.56 bits per heavy atom. The quantitative estimate of drug-likeness (QED) is 0.211. The molecule has 0 bridgehead atoms. The maximum Gasteiger partial charge on any atom is 0.139 e. The SMILES string of the molecule is C.C=CCC1(CC=O)CC(C)C(=O)C(Cc2ccc(Cl)cc2Cl)C1.CC.CCCCN(C)C.Cc1ccc(C)cc1. The van der Waals surface area contributed by atoms with Crippen LogP contribution in [0.15, 0.2) is 55.1 Å². The molecule has 0 radical (unpaired) electrons. The van der Waals surface area contributed by atoms with Gasteiger partial charge in [-0.25, -0.2) is 0 Å². The second-order valence-electron chi connectivity index (χ2n) is 11.0. The van der Waals surface area contributed by atoms with Crippen LogP contribution in [-0.2, 0) is 16.0 Å². The molecule has 3 nitrogen and oxygen atoms in total. The van der Waals surface area contributed by atoms with E-state index in [-0.39, 0.29) is 30.5 Å². The molecular weight excluding hydrogens is 549 g/mol. The Kier molecular flexibility index (Phi) is 22.7. The van der Waals surface area contributed by atoms with Crippen LogP contribution in [0.3, 0.4) is 0 Å². The zero-order valence-electron chi connectivity index (χ0n) is 26.2. The summed E-state index contributed by atoms with van der Waals surface area (Å²) in [5.74, 6) is 0.110. The van der Waals surface area contributed by atoms with Gasteiger partial charge in [-0.15, -0.1) is 6.58 Å². The first-order valence-corrected chi connectivity index (χ1v) is 15.4. The van der Waals surface area contributed by atoms with E-state index in [0.717, 1.165) is 24.7 Å². The molecule has 5 heteroatoms. The van der Waals surface area contributed by atoms with E-state index in [9.17, 15) is 9.59 Å². The molecule has 1 fully saturated rings. The lowest BCUT2D eigenvalue weighted by Gasteiger charge is -2.42. The summed E-state index contributed by atoms with van der Waals surface area (Å²) in [5, 5.41) is 1.18. The first kappa shape index (κ1) is 41.2. The third-order valence-corrected chi connectivity index (χ3v) is 7.65. The Labute approximate surface area is 262 Å². The van der Waals surface area contributed by atoms with Crippen molar-refractivity contribution in [2.24, 2.45) is 17.3 Å². The first-order chi connectivity index (χ1) is 19.0. The van der Waals surface area contributed by atoms with Gasteiger partial charge in [-0.1, -0.05) is 112 Å². The molecule has 2 aromatic carbocycles. The predicted molar refractivity (Wildman–Crippen MR) is 182 cm³/mol. The fraction of sp³-hybridized carbons (Fsp3) is 0.556. The number of allylic oxidation sites excluding steroid dienone is 1. The van der Waals surface area contributed by atoms with E-state index in [1.165, 1.54) is 30.5 Å². The van der Waals surface area contributed by atoms with Gasteiger partial charge in [0.2, 0.25) is 0 Å². The summed E-state index contributed by atoms with van der Waals surface area (Å²) < 4.78 is 0. The largest absolute Gasteiger partial charge is 0.309 e. The van der Waals surface area contributed by atoms with Crippen molar-refractivity contribution < 1.29 is 9.59 Å². The number of benzene rings is 2. The molecule has 232 valence electrons. The number of aryl methyl sites for hydroxylation is 2. The fourth-order valence-electron chi connectivity index (χ4n) is 5.00. The van der Waals surface area contributed by atoms with Crippen molar-refractivity contribution in [1.29, 1.82) is 0 Å². The van der Waals surface area contributed by atoms with E-state index in [2.05, 4.69) is 70.6 Å². The monoisotopic (exact) mass is 605 g/mol. The molecule has 0 N–H and O–H groups in total. The number of nitrogens with zero attached hydrogens (tertiary/aromatic N) is 1. The van der Waals surface area contributed by atoms with E-state index in [0.29, 0.717) is 29.3 Å². The molecule has 41 heavy (non-hydrogen) atoms. The van der Waals surface area contributed by atoms with E-state index >= 15 is 0 Å². The lowest BCUT2D eigenvalue weighted by molar-refractivity contribution is -0.133. The van der Waals surface area contributed by atoms with E-state index in [4.69, 9.17) is 23.2 Å². The molecule has 0 aromatic heterocycles. The minimum atomic E-state index is -0.152. The molecule has 3 atom stereocenters. The van der Waals surface area contributed by atoms with Crippen molar-refractivity contribution >= 4 is 35.3 Å². The van der Waals surface area contributed by atoms with Crippen molar-refractivity contribution in [1.82, 2.24) is 4.90 Å². The molecule has 3 unspecified atom stereocenters. The van der Waals surface area contributed by atoms with Gasteiger partial charge < -0.3 is 9.69 Å². The third-order valence-electron chi connectivity index (χ3n) is 7.06. The molecule has 1 aliphatic rings. The summed E-state index contributed by atoms with van der Waals surface area (Å²) in [4.78, 5) is 26.0. The Balaban J connectivity index is 0. The molecule has 3 rings (SSSR count). The van der Waals surface area contributed by atoms with Gasteiger partial charge >= 0.3 is 0 Å². The summed E-state index contributed by atoms with van der Waals surface area (Å²) in [6, 6.07) is 13.9. The molecular formula is C36H57Cl2NO2. The van der Waals surface area contributed by atoms with Crippen molar-refractivity contribution in [3.63, 3.8) is 0 Å². The fourth-order valence-corrected chi connectivity index (χ4v) is 5.48. The summed E-state index contributed by atoms with van der Waals surface area (Å²) in [6.07, 6.45) is 8.75. The summed E-state index contributed by atoms with van der Waals surface area (Å²) >= 11 is 12.2. The third kappa shape index (κ3) is 16.3. The van der Waals surface area contributed by atoms with E-state index in [1.54, 1.807) is 12.1 Å². The number of hydrogen-bond acceptors (Lipinski definition) is 3. The van der Waals surface area contributed by atoms with Crippen molar-refractivity contribution in [3.8, 4) is 0 Å². The summed E-state index contributed by atoms with van der Waals surface area (Å²) in [5.41, 5.74) is 3.44. The van der Waals surface area contributed by atoms with Crippen LogP contribution in [-0.4, -0.2) is 37.6 Å². The van der Waals surface area contributed by atoms with Gasteiger partial charge in [0.15, 0.2) is 0 Å².